The molecule has 0 amide bonds. The van der Waals surface area contributed by atoms with Crippen molar-refractivity contribution in [2.75, 3.05) is 24.3 Å². The number of hydrogen-bond donors (Lipinski definition) is 1. The summed E-state index contributed by atoms with van der Waals surface area (Å²) in [4.78, 5) is 21.2. The smallest absolute Gasteiger partial charge is 0.358 e. The van der Waals surface area contributed by atoms with E-state index in [1.807, 2.05) is 0 Å². The third-order valence-corrected chi connectivity index (χ3v) is 3.43. The first kappa shape index (κ1) is 13.3. The second-order valence-electron chi connectivity index (χ2n) is 4.33. The number of imidazole rings is 1. The summed E-state index contributed by atoms with van der Waals surface area (Å²) < 4.78 is 6.46. The van der Waals surface area contributed by atoms with Crippen molar-refractivity contribution < 1.29 is 9.45 Å². The zero-order chi connectivity index (χ0) is 15.0. The lowest BCUT2D eigenvalue weighted by atomic mass is 10.5. The zero-order valence-corrected chi connectivity index (χ0v) is 12.0. The number of nitrogens with zero attached hydrogens (tertiary/aromatic N) is 6. The second-order valence-corrected chi connectivity index (χ2v) is 5.21. The molecule has 11 heteroatoms. The Morgan fingerprint density at radius 2 is 2.33 bits per heavy atom. The van der Waals surface area contributed by atoms with Gasteiger partial charge in [-0.25, -0.2) is 0 Å². The number of nitro groups is 1. The van der Waals surface area contributed by atoms with Crippen LogP contribution in [-0.4, -0.2) is 38.5 Å². The zero-order valence-electron chi connectivity index (χ0n) is 11.2. The van der Waals surface area contributed by atoms with E-state index >= 15 is 0 Å². The first-order chi connectivity index (χ1) is 10.1. The molecule has 3 heterocycles. The van der Waals surface area contributed by atoms with Gasteiger partial charge in [0.15, 0.2) is 0 Å². The molecule has 0 aliphatic rings. The lowest BCUT2D eigenvalue weighted by molar-refractivity contribution is -0.389. The molecule has 0 radical (unpaired) electrons. The molecule has 3 aromatic rings. The molecule has 0 aliphatic carbocycles. The second kappa shape index (κ2) is 5.01. The van der Waals surface area contributed by atoms with Gasteiger partial charge in [0.2, 0.25) is 11.7 Å². The molecule has 10 nitrogen and oxygen atoms in total. The normalized spacial score (nSPS) is 11.0. The van der Waals surface area contributed by atoms with E-state index in [0.717, 1.165) is 0 Å². The van der Waals surface area contributed by atoms with Gasteiger partial charge in [0.25, 0.3) is 10.9 Å². The first-order valence-corrected chi connectivity index (χ1v) is 6.78. The summed E-state index contributed by atoms with van der Waals surface area (Å²) in [6.45, 7) is 0.159. The number of fused-ring (bicyclic) bond motifs is 1. The summed E-state index contributed by atoms with van der Waals surface area (Å²) >= 11 is 1.32. The van der Waals surface area contributed by atoms with Gasteiger partial charge in [0, 0.05) is 19.5 Å². The maximum atomic E-state index is 11.2. The Balaban J connectivity index is 1.82. The Morgan fingerprint density at radius 1 is 1.52 bits per heavy atom. The van der Waals surface area contributed by atoms with Gasteiger partial charge >= 0.3 is 5.82 Å². The van der Waals surface area contributed by atoms with Crippen molar-refractivity contribution in [3.63, 3.8) is 0 Å². The van der Waals surface area contributed by atoms with Gasteiger partial charge in [-0.1, -0.05) is 11.3 Å². The van der Waals surface area contributed by atoms with E-state index in [0.29, 0.717) is 16.8 Å². The van der Waals surface area contributed by atoms with Crippen LogP contribution in [-0.2, 0) is 6.54 Å². The molecule has 0 saturated carbocycles. The van der Waals surface area contributed by atoms with E-state index in [4.69, 9.17) is 4.52 Å². The molecule has 0 atom stereocenters. The number of aromatic nitrogens is 4. The van der Waals surface area contributed by atoms with Crippen LogP contribution in [0.5, 0.6) is 0 Å². The molecule has 0 aromatic carbocycles. The summed E-state index contributed by atoms with van der Waals surface area (Å²) in [5.74, 6) is 0.825. The fourth-order valence-corrected chi connectivity index (χ4v) is 2.43. The average molecular weight is 309 g/mol. The fourth-order valence-electron chi connectivity index (χ4n) is 1.73. The third kappa shape index (κ3) is 2.38. The highest BCUT2D eigenvalue weighted by Crippen LogP contribution is 2.28. The Bertz CT molecular complexity index is 790. The topological polar surface area (TPSA) is 115 Å². The Hall–Kier alpha value is -2.69. The molecule has 0 unspecified atom stereocenters. The van der Waals surface area contributed by atoms with E-state index in [-0.39, 0.29) is 18.2 Å². The van der Waals surface area contributed by atoms with Crippen LogP contribution in [0.4, 0.5) is 17.6 Å². The first-order valence-electron chi connectivity index (χ1n) is 5.90. The van der Waals surface area contributed by atoms with Gasteiger partial charge in [-0.2, -0.15) is 14.4 Å². The van der Waals surface area contributed by atoms with Gasteiger partial charge in [0.1, 0.15) is 6.20 Å². The summed E-state index contributed by atoms with van der Waals surface area (Å²) in [7, 11) is 3.58. The van der Waals surface area contributed by atoms with Gasteiger partial charge < -0.3 is 24.9 Å². The predicted molar refractivity (Wildman–Crippen MR) is 75.7 cm³/mol. The predicted octanol–water partition coefficient (Wildman–Crippen LogP) is 1.37. The van der Waals surface area contributed by atoms with E-state index in [1.54, 1.807) is 30.6 Å². The number of thiazole rings is 1. The van der Waals surface area contributed by atoms with Crippen molar-refractivity contribution in [3.8, 4) is 0 Å². The molecule has 0 bridgehead atoms. The third-order valence-electron chi connectivity index (χ3n) is 2.67. The van der Waals surface area contributed by atoms with Crippen molar-refractivity contribution in [1.29, 1.82) is 0 Å². The highest BCUT2D eigenvalue weighted by atomic mass is 32.1. The van der Waals surface area contributed by atoms with Crippen molar-refractivity contribution in [2.24, 2.45) is 0 Å². The highest BCUT2D eigenvalue weighted by Gasteiger charge is 2.23. The minimum absolute atomic E-state index is 0.112. The molecule has 3 rings (SSSR count). The van der Waals surface area contributed by atoms with E-state index in [1.165, 1.54) is 15.7 Å². The van der Waals surface area contributed by atoms with Gasteiger partial charge in [-0.3, -0.25) is 0 Å². The lowest BCUT2D eigenvalue weighted by Gasteiger charge is -2.02. The van der Waals surface area contributed by atoms with Crippen molar-refractivity contribution in [3.05, 3.63) is 27.6 Å². The van der Waals surface area contributed by atoms with E-state index in [2.05, 4.69) is 20.4 Å². The maximum Gasteiger partial charge on any atom is 0.372 e. The quantitative estimate of drug-likeness (QED) is 0.555. The number of nitrogens with one attached hydrogen (secondary N) is 1. The van der Waals surface area contributed by atoms with Crippen LogP contribution in [0.1, 0.15) is 5.89 Å². The molecule has 110 valence electrons. The molecule has 1 N–H and O–H groups in total. The number of anilines is 2. The Labute approximate surface area is 122 Å². The monoisotopic (exact) mass is 309 g/mol. The van der Waals surface area contributed by atoms with Crippen molar-refractivity contribution in [2.45, 2.75) is 6.54 Å². The minimum Gasteiger partial charge on any atom is -0.358 e. The molecule has 0 spiro atoms. The molecule has 0 fully saturated rings. The van der Waals surface area contributed by atoms with Crippen LogP contribution in [0.3, 0.4) is 0 Å². The summed E-state index contributed by atoms with van der Waals surface area (Å²) in [6.07, 6.45) is 1.60. The molecular formula is C10H11N7O3S. The van der Waals surface area contributed by atoms with Gasteiger partial charge in [-0.15, -0.1) is 0 Å². The summed E-state index contributed by atoms with van der Waals surface area (Å²) in [5, 5.41) is 19.5. The Kier molecular flexibility index (Phi) is 3.17. The largest absolute Gasteiger partial charge is 0.372 e. The van der Waals surface area contributed by atoms with E-state index in [9.17, 15) is 10.1 Å². The Morgan fingerprint density at radius 3 is 3.00 bits per heavy atom. The fraction of sp³-hybridized carbons (Fsp3) is 0.300. The lowest BCUT2D eigenvalue weighted by Crippen LogP contribution is -2.10. The number of hydrogen-bond acceptors (Lipinski definition) is 9. The van der Waals surface area contributed by atoms with Crippen molar-refractivity contribution >= 4 is 33.9 Å². The molecule has 0 saturated heterocycles. The van der Waals surface area contributed by atoms with Crippen LogP contribution in [0, 0.1) is 10.1 Å². The SMILES string of the molecule is CN(C)c1noc(CNc2nc3sccn3c2[N+](=O)[O-])n1. The van der Waals surface area contributed by atoms with Gasteiger partial charge in [-0.05, 0) is 10.1 Å². The van der Waals surface area contributed by atoms with Crippen molar-refractivity contribution in [1.82, 2.24) is 19.5 Å². The average Bonchev–Trinajstić information content (AvgIpc) is 3.10. The molecule has 21 heavy (non-hydrogen) atoms. The number of rotatable bonds is 5. The summed E-state index contributed by atoms with van der Waals surface area (Å²) in [5.41, 5.74) is 0. The van der Waals surface area contributed by atoms with Crippen LogP contribution < -0.4 is 10.2 Å². The molecular weight excluding hydrogens is 298 g/mol. The molecule has 0 aliphatic heterocycles. The van der Waals surface area contributed by atoms with Crippen LogP contribution >= 0.6 is 11.3 Å². The highest BCUT2D eigenvalue weighted by molar-refractivity contribution is 7.15. The summed E-state index contributed by atoms with van der Waals surface area (Å²) in [6, 6.07) is 0. The van der Waals surface area contributed by atoms with Crippen LogP contribution in [0.25, 0.3) is 4.96 Å². The minimum atomic E-state index is -0.478. The maximum absolute atomic E-state index is 11.2. The van der Waals surface area contributed by atoms with Crippen LogP contribution in [0.2, 0.25) is 0 Å². The van der Waals surface area contributed by atoms with E-state index < -0.39 is 4.92 Å². The van der Waals surface area contributed by atoms with Gasteiger partial charge in [0.05, 0.1) is 6.54 Å². The van der Waals surface area contributed by atoms with Crippen LogP contribution in [0.15, 0.2) is 16.1 Å². The molecule has 3 aromatic heterocycles. The standard InChI is InChI=1S/C10H11N7O3S/c1-15(2)9-12-6(20-14-9)5-11-7-8(17(18)19)16-3-4-21-10(16)13-7/h3-4,11H,5H2,1-2H3.